The molecular formula is C11H14O5. The second-order valence-electron chi connectivity index (χ2n) is 3.08. The maximum absolute atomic E-state index is 10.8. The molecule has 0 aliphatic rings. The summed E-state index contributed by atoms with van der Waals surface area (Å²) in [5.41, 5.74) is 0. The van der Waals surface area contributed by atoms with E-state index >= 15 is 0 Å². The van der Waals surface area contributed by atoms with Gasteiger partial charge in [0, 0.05) is 13.2 Å². The SMILES string of the molecule is COCC(Oc1cccc(OC)c1)C(=O)O. The van der Waals surface area contributed by atoms with Crippen molar-refractivity contribution in [2.75, 3.05) is 20.8 Å². The molecule has 1 N–H and O–H groups in total. The van der Waals surface area contributed by atoms with Gasteiger partial charge in [0.05, 0.1) is 13.7 Å². The van der Waals surface area contributed by atoms with Crippen LogP contribution in [0.5, 0.6) is 11.5 Å². The molecule has 88 valence electrons. The molecule has 0 spiro atoms. The summed E-state index contributed by atoms with van der Waals surface area (Å²) < 4.78 is 15.0. The second-order valence-corrected chi connectivity index (χ2v) is 3.08. The first kappa shape index (κ1) is 12.3. The largest absolute Gasteiger partial charge is 0.497 e. The van der Waals surface area contributed by atoms with E-state index in [-0.39, 0.29) is 6.61 Å². The standard InChI is InChI=1S/C11H14O5/c1-14-7-10(11(12)13)16-9-5-3-4-8(6-9)15-2/h3-6,10H,7H2,1-2H3,(H,12,13). The molecule has 16 heavy (non-hydrogen) atoms. The van der Waals surface area contributed by atoms with Crippen LogP contribution in [0.4, 0.5) is 0 Å². The van der Waals surface area contributed by atoms with Crippen LogP contribution >= 0.6 is 0 Å². The molecule has 1 unspecified atom stereocenters. The first-order valence-corrected chi connectivity index (χ1v) is 4.70. The fourth-order valence-corrected chi connectivity index (χ4v) is 1.15. The van der Waals surface area contributed by atoms with Crippen molar-refractivity contribution in [1.29, 1.82) is 0 Å². The number of hydrogen-bond acceptors (Lipinski definition) is 4. The number of carboxylic acids is 1. The normalized spacial score (nSPS) is 11.9. The monoisotopic (exact) mass is 226 g/mol. The van der Waals surface area contributed by atoms with Gasteiger partial charge < -0.3 is 19.3 Å². The summed E-state index contributed by atoms with van der Waals surface area (Å²) in [6, 6.07) is 6.75. The van der Waals surface area contributed by atoms with Crippen LogP contribution in [0.1, 0.15) is 0 Å². The van der Waals surface area contributed by atoms with Crippen LogP contribution in [0.15, 0.2) is 24.3 Å². The summed E-state index contributed by atoms with van der Waals surface area (Å²) in [6.07, 6.45) is -1.02. The molecule has 0 radical (unpaired) electrons. The number of carbonyl (C=O) groups is 1. The third kappa shape index (κ3) is 3.43. The lowest BCUT2D eigenvalue weighted by atomic mass is 10.3. The van der Waals surface area contributed by atoms with Gasteiger partial charge in [-0.05, 0) is 12.1 Å². The van der Waals surface area contributed by atoms with Crippen LogP contribution in [0.2, 0.25) is 0 Å². The van der Waals surface area contributed by atoms with Gasteiger partial charge in [-0.25, -0.2) is 4.79 Å². The lowest BCUT2D eigenvalue weighted by molar-refractivity contribution is -0.147. The van der Waals surface area contributed by atoms with Gasteiger partial charge in [0.15, 0.2) is 0 Å². The van der Waals surface area contributed by atoms with Crippen LogP contribution in [-0.4, -0.2) is 38.0 Å². The van der Waals surface area contributed by atoms with Gasteiger partial charge in [-0.15, -0.1) is 0 Å². The van der Waals surface area contributed by atoms with E-state index in [0.29, 0.717) is 11.5 Å². The molecule has 5 heteroatoms. The fourth-order valence-electron chi connectivity index (χ4n) is 1.15. The average Bonchev–Trinajstić information content (AvgIpc) is 2.28. The van der Waals surface area contributed by atoms with E-state index < -0.39 is 12.1 Å². The molecule has 1 aromatic carbocycles. The molecule has 0 aromatic heterocycles. The van der Waals surface area contributed by atoms with Gasteiger partial charge >= 0.3 is 5.97 Å². The molecule has 1 atom stereocenters. The summed E-state index contributed by atoms with van der Waals surface area (Å²) in [7, 11) is 2.95. The molecule has 0 saturated heterocycles. The predicted molar refractivity (Wildman–Crippen MR) is 56.9 cm³/mol. The van der Waals surface area contributed by atoms with E-state index in [0.717, 1.165) is 0 Å². The molecule has 0 bridgehead atoms. The minimum Gasteiger partial charge on any atom is -0.497 e. The maximum atomic E-state index is 10.8. The Hall–Kier alpha value is -1.75. The van der Waals surface area contributed by atoms with Crippen molar-refractivity contribution in [3.05, 3.63) is 24.3 Å². The minimum absolute atomic E-state index is 0.00740. The molecule has 1 aromatic rings. The zero-order valence-corrected chi connectivity index (χ0v) is 9.17. The van der Waals surface area contributed by atoms with Crippen molar-refractivity contribution >= 4 is 5.97 Å². The molecule has 5 nitrogen and oxygen atoms in total. The summed E-state index contributed by atoms with van der Waals surface area (Å²) >= 11 is 0. The van der Waals surface area contributed by atoms with Crippen LogP contribution < -0.4 is 9.47 Å². The number of hydrogen-bond donors (Lipinski definition) is 1. The minimum atomic E-state index is -1.07. The molecule has 0 saturated carbocycles. The van der Waals surface area contributed by atoms with Gasteiger partial charge in [0.2, 0.25) is 6.10 Å². The number of methoxy groups -OCH3 is 2. The maximum Gasteiger partial charge on any atom is 0.347 e. The van der Waals surface area contributed by atoms with Crippen molar-refractivity contribution in [2.24, 2.45) is 0 Å². The van der Waals surface area contributed by atoms with E-state index in [2.05, 4.69) is 0 Å². The topological polar surface area (TPSA) is 65.0 Å². The Kier molecular flexibility index (Phi) is 4.60. The summed E-state index contributed by atoms with van der Waals surface area (Å²) in [6.45, 7) is -0.00740. The van der Waals surface area contributed by atoms with E-state index in [9.17, 15) is 4.79 Å². The molecule has 0 fully saturated rings. The van der Waals surface area contributed by atoms with Crippen molar-refractivity contribution in [1.82, 2.24) is 0 Å². The van der Waals surface area contributed by atoms with Gasteiger partial charge in [-0.2, -0.15) is 0 Å². The number of benzene rings is 1. The second kappa shape index (κ2) is 5.97. The summed E-state index contributed by atoms with van der Waals surface area (Å²) in [5, 5.41) is 8.86. The summed E-state index contributed by atoms with van der Waals surface area (Å²) in [5.74, 6) is -0.0208. The van der Waals surface area contributed by atoms with E-state index in [4.69, 9.17) is 19.3 Å². The lowest BCUT2D eigenvalue weighted by Gasteiger charge is -2.14. The molecule has 0 amide bonds. The van der Waals surface area contributed by atoms with Crippen LogP contribution in [0, 0.1) is 0 Å². The van der Waals surface area contributed by atoms with Gasteiger partial charge in [-0.3, -0.25) is 0 Å². The highest BCUT2D eigenvalue weighted by Crippen LogP contribution is 2.20. The van der Waals surface area contributed by atoms with Crippen molar-refractivity contribution in [3.63, 3.8) is 0 Å². The Morgan fingerprint density at radius 3 is 2.62 bits per heavy atom. The molecule has 0 aliphatic carbocycles. The van der Waals surface area contributed by atoms with Gasteiger partial charge in [0.25, 0.3) is 0 Å². The summed E-state index contributed by atoms with van der Waals surface area (Å²) in [4.78, 5) is 10.8. The highest BCUT2D eigenvalue weighted by atomic mass is 16.5. The zero-order chi connectivity index (χ0) is 12.0. The molecular weight excluding hydrogens is 212 g/mol. The quantitative estimate of drug-likeness (QED) is 0.788. The number of carboxylic acid groups (broad SMARTS) is 1. The zero-order valence-electron chi connectivity index (χ0n) is 9.17. The van der Waals surface area contributed by atoms with Crippen LogP contribution in [-0.2, 0) is 9.53 Å². The van der Waals surface area contributed by atoms with E-state index in [1.165, 1.54) is 14.2 Å². The Morgan fingerprint density at radius 2 is 2.06 bits per heavy atom. The van der Waals surface area contributed by atoms with Crippen molar-refractivity contribution < 1.29 is 24.1 Å². The Morgan fingerprint density at radius 1 is 1.38 bits per heavy atom. The smallest absolute Gasteiger partial charge is 0.347 e. The van der Waals surface area contributed by atoms with Gasteiger partial charge in [0.1, 0.15) is 11.5 Å². The van der Waals surface area contributed by atoms with Crippen molar-refractivity contribution in [3.8, 4) is 11.5 Å². The predicted octanol–water partition coefficient (Wildman–Crippen LogP) is 1.17. The first-order valence-electron chi connectivity index (χ1n) is 4.70. The molecule has 0 heterocycles. The van der Waals surface area contributed by atoms with Crippen LogP contribution in [0.25, 0.3) is 0 Å². The third-order valence-corrected chi connectivity index (χ3v) is 1.91. The lowest BCUT2D eigenvalue weighted by Crippen LogP contribution is -2.31. The number of ether oxygens (including phenoxy) is 3. The average molecular weight is 226 g/mol. The van der Waals surface area contributed by atoms with E-state index in [1.807, 2.05) is 0 Å². The number of aliphatic carboxylic acids is 1. The third-order valence-electron chi connectivity index (χ3n) is 1.91. The first-order chi connectivity index (χ1) is 7.67. The van der Waals surface area contributed by atoms with Crippen LogP contribution in [0.3, 0.4) is 0 Å². The van der Waals surface area contributed by atoms with E-state index in [1.54, 1.807) is 24.3 Å². The Bertz CT molecular complexity index is 350. The van der Waals surface area contributed by atoms with Crippen molar-refractivity contribution in [2.45, 2.75) is 6.10 Å². The number of rotatable bonds is 6. The fraction of sp³-hybridized carbons (Fsp3) is 0.364. The Labute approximate surface area is 93.6 Å². The van der Waals surface area contributed by atoms with Gasteiger partial charge in [-0.1, -0.05) is 6.07 Å². The highest BCUT2D eigenvalue weighted by molar-refractivity contribution is 5.72. The molecule has 1 rings (SSSR count). The Balaban J connectivity index is 2.72. The molecule has 0 aliphatic heterocycles. The highest BCUT2D eigenvalue weighted by Gasteiger charge is 2.19.